The van der Waals surface area contributed by atoms with E-state index in [2.05, 4.69) is 25.6 Å². The second-order valence-corrected chi connectivity index (χ2v) is 8.16. The van der Waals surface area contributed by atoms with Crippen LogP contribution < -0.4 is 4.74 Å². The topological polar surface area (TPSA) is 79.8 Å². The summed E-state index contributed by atoms with van der Waals surface area (Å²) in [5.41, 5.74) is 12.0. The number of carbonyl (C=O) groups is 2. The largest absolute Gasteiger partial charge is 0.473 e. The Morgan fingerprint density at radius 3 is 2.10 bits per heavy atom. The minimum Gasteiger partial charge on any atom is -0.473 e. The van der Waals surface area contributed by atoms with E-state index in [1.165, 1.54) is 12.2 Å². The predicted octanol–water partition coefficient (Wildman–Crippen LogP) is 4.35. The minimum atomic E-state index is -0.967. The van der Waals surface area contributed by atoms with Crippen LogP contribution in [0, 0.1) is 0 Å². The summed E-state index contributed by atoms with van der Waals surface area (Å²) in [7, 11) is 0. The van der Waals surface area contributed by atoms with E-state index in [-0.39, 0.29) is 33.8 Å². The number of nitrogens with zero attached hydrogens (tertiary/aromatic N) is 2. The summed E-state index contributed by atoms with van der Waals surface area (Å²) in [5, 5.41) is 0. The summed E-state index contributed by atoms with van der Waals surface area (Å²) in [5.74, 6) is -0.0115. The normalized spacial score (nSPS) is 18.3. The van der Waals surface area contributed by atoms with Crippen molar-refractivity contribution >= 4 is 17.3 Å². The van der Waals surface area contributed by atoms with Gasteiger partial charge in [-0.25, -0.2) is 0 Å². The number of hydrogen-bond acceptors (Lipinski definition) is 3. The Kier molecular flexibility index (Phi) is 4.40. The van der Waals surface area contributed by atoms with E-state index in [9.17, 15) is 15.1 Å². The van der Waals surface area contributed by atoms with Crippen molar-refractivity contribution < 1.29 is 19.1 Å². The lowest BCUT2D eigenvalue weighted by molar-refractivity contribution is -0.0143. The van der Waals surface area contributed by atoms with Crippen molar-refractivity contribution in [2.75, 3.05) is 0 Å². The molecule has 4 rings (SSSR count). The second kappa shape index (κ2) is 6.80. The van der Waals surface area contributed by atoms with Gasteiger partial charge >= 0.3 is 5.71 Å². The number of hydrogen-bond donors (Lipinski definition) is 0. The summed E-state index contributed by atoms with van der Waals surface area (Å²) in [6.45, 7) is 6.35. The third-order valence-corrected chi connectivity index (χ3v) is 5.24. The van der Waals surface area contributed by atoms with Crippen LogP contribution >= 0.6 is 0 Å². The van der Waals surface area contributed by atoms with E-state index in [0.29, 0.717) is 16.9 Å². The summed E-state index contributed by atoms with van der Waals surface area (Å²) in [6.07, 6.45) is 2.06. The number of rotatable bonds is 2. The van der Waals surface area contributed by atoms with Gasteiger partial charge < -0.3 is 10.3 Å². The van der Waals surface area contributed by atoms with E-state index in [4.69, 9.17) is 4.74 Å². The maximum atomic E-state index is 13.2. The average molecular weight is 384 g/mol. The van der Waals surface area contributed by atoms with Crippen LogP contribution in [0.25, 0.3) is 5.53 Å². The molecular formula is C24H20N2O3. The molecule has 0 radical (unpaired) electrons. The van der Waals surface area contributed by atoms with E-state index < -0.39 is 6.10 Å². The first kappa shape index (κ1) is 18.8. The van der Waals surface area contributed by atoms with E-state index >= 15 is 0 Å². The fourth-order valence-electron chi connectivity index (χ4n) is 3.62. The lowest BCUT2D eigenvalue weighted by Crippen LogP contribution is -2.39. The number of carbonyl (C=O) groups excluding carboxylic acids is 2. The van der Waals surface area contributed by atoms with Gasteiger partial charge in [-0.2, -0.15) is 4.79 Å². The molecule has 2 aromatic rings. The molecule has 0 aromatic heterocycles. The van der Waals surface area contributed by atoms with Gasteiger partial charge in [-0.1, -0.05) is 57.2 Å². The van der Waals surface area contributed by atoms with E-state index in [0.717, 1.165) is 5.56 Å². The molecule has 2 aliphatic carbocycles. The number of allylic oxidation sites excluding steroid dienone is 2. The van der Waals surface area contributed by atoms with Crippen molar-refractivity contribution in [1.29, 1.82) is 0 Å². The molecule has 0 aliphatic heterocycles. The summed E-state index contributed by atoms with van der Waals surface area (Å²) >= 11 is 0. The van der Waals surface area contributed by atoms with Gasteiger partial charge in [0.05, 0.1) is 5.57 Å². The lowest BCUT2D eigenvalue weighted by Gasteiger charge is -2.26. The second-order valence-electron chi connectivity index (χ2n) is 8.16. The van der Waals surface area contributed by atoms with Crippen molar-refractivity contribution in [3.05, 3.63) is 94.1 Å². The summed E-state index contributed by atoms with van der Waals surface area (Å²) in [6, 6.07) is 14.3. The number of ether oxygens (including phenoxy) is 1. The maximum absolute atomic E-state index is 13.2. The fraction of sp³-hybridized carbons (Fsp3) is 0.208. The maximum Gasteiger partial charge on any atom is 0.336 e. The Hall–Kier alpha value is -3.56. The zero-order valence-electron chi connectivity index (χ0n) is 16.5. The molecule has 0 amide bonds. The van der Waals surface area contributed by atoms with Gasteiger partial charge in [0.1, 0.15) is 5.75 Å². The Bertz CT molecular complexity index is 1140. The third-order valence-electron chi connectivity index (χ3n) is 5.24. The number of Topliss-reactive ketones (excluding diaryl/α,β-unsaturated/α-hetero) is 2. The van der Waals surface area contributed by atoms with Gasteiger partial charge in [-0.05, 0) is 29.2 Å². The Balaban J connectivity index is 1.76. The number of fused-ring (bicyclic) bond motifs is 1. The molecule has 0 N–H and O–H groups in total. The van der Waals surface area contributed by atoms with Crippen LogP contribution in [0.3, 0.4) is 0 Å². The van der Waals surface area contributed by atoms with Crippen molar-refractivity contribution in [3.8, 4) is 5.75 Å². The van der Waals surface area contributed by atoms with Crippen molar-refractivity contribution in [2.45, 2.75) is 32.3 Å². The van der Waals surface area contributed by atoms with Crippen LogP contribution in [0.1, 0.15) is 47.1 Å². The van der Waals surface area contributed by atoms with Gasteiger partial charge in [-0.15, -0.1) is 0 Å². The van der Waals surface area contributed by atoms with Crippen LogP contribution in [0.2, 0.25) is 0 Å². The molecule has 0 heterocycles. The van der Waals surface area contributed by atoms with E-state index in [1.807, 2.05) is 24.3 Å². The number of benzene rings is 2. The summed E-state index contributed by atoms with van der Waals surface area (Å²) < 4.78 is 6.06. The van der Waals surface area contributed by atoms with Crippen molar-refractivity contribution in [2.24, 2.45) is 0 Å². The molecule has 29 heavy (non-hydrogen) atoms. The predicted molar refractivity (Wildman–Crippen MR) is 109 cm³/mol. The highest BCUT2D eigenvalue weighted by Gasteiger charge is 2.43. The Morgan fingerprint density at radius 1 is 0.897 bits per heavy atom. The molecule has 5 nitrogen and oxygen atoms in total. The minimum absolute atomic E-state index is 0.00497. The Morgan fingerprint density at radius 2 is 1.52 bits per heavy atom. The van der Waals surface area contributed by atoms with Crippen LogP contribution in [0.15, 0.2) is 71.8 Å². The van der Waals surface area contributed by atoms with Crippen molar-refractivity contribution in [1.82, 2.24) is 0 Å². The SMILES string of the molecule is CC(C)(C)c1ccc(OC2C(=[N+]=[N-])C=CC3=C2C(=O)c2ccccc2C3=O)cc1. The van der Waals surface area contributed by atoms with Gasteiger partial charge in [0, 0.05) is 22.8 Å². The first-order valence-electron chi connectivity index (χ1n) is 9.41. The van der Waals surface area contributed by atoms with Gasteiger partial charge in [0.15, 0.2) is 11.6 Å². The lowest BCUT2D eigenvalue weighted by atomic mass is 9.78. The highest BCUT2D eigenvalue weighted by Crippen LogP contribution is 2.34. The van der Waals surface area contributed by atoms with Gasteiger partial charge in [0.2, 0.25) is 6.10 Å². The molecule has 0 saturated carbocycles. The quantitative estimate of drug-likeness (QED) is 0.570. The molecule has 0 saturated heterocycles. The summed E-state index contributed by atoms with van der Waals surface area (Å²) in [4.78, 5) is 29.4. The molecular weight excluding hydrogens is 364 g/mol. The molecule has 1 atom stereocenters. The third kappa shape index (κ3) is 3.16. The van der Waals surface area contributed by atoms with Crippen LogP contribution in [-0.2, 0) is 5.41 Å². The standard InChI is InChI=1S/C24H20N2O3/c1-24(2,3)14-8-10-15(11-9-14)29-23-19(26-25)13-12-18-20(23)22(28)17-7-5-4-6-16(17)21(18)27/h4-13,23H,1-3H3. The molecule has 0 fully saturated rings. The van der Waals surface area contributed by atoms with Crippen LogP contribution in [0.4, 0.5) is 0 Å². The van der Waals surface area contributed by atoms with Crippen molar-refractivity contribution in [3.63, 3.8) is 0 Å². The zero-order valence-corrected chi connectivity index (χ0v) is 16.5. The first-order chi connectivity index (χ1) is 13.8. The van der Waals surface area contributed by atoms with Gasteiger partial charge in [0.25, 0.3) is 0 Å². The fourth-order valence-corrected chi connectivity index (χ4v) is 3.62. The highest BCUT2D eigenvalue weighted by molar-refractivity contribution is 6.31. The highest BCUT2D eigenvalue weighted by atomic mass is 16.5. The zero-order chi connectivity index (χ0) is 20.8. The average Bonchev–Trinajstić information content (AvgIpc) is 2.71. The van der Waals surface area contributed by atoms with Crippen LogP contribution in [-0.4, -0.2) is 28.2 Å². The molecule has 2 aliphatic rings. The molecule has 0 spiro atoms. The molecule has 1 unspecified atom stereocenters. The monoisotopic (exact) mass is 384 g/mol. The molecule has 144 valence electrons. The van der Waals surface area contributed by atoms with E-state index in [1.54, 1.807) is 24.3 Å². The molecule has 2 aromatic carbocycles. The molecule has 0 bridgehead atoms. The smallest absolute Gasteiger partial charge is 0.336 e. The Labute approximate surface area is 168 Å². The first-order valence-corrected chi connectivity index (χ1v) is 9.41. The van der Waals surface area contributed by atoms with Gasteiger partial charge in [-0.3, -0.25) is 9.59 Å². The molecule has 5 heteroatoms. The van der Waals surface area contributed by atoms with Crippen LogP contribution in [0.5, 0.6) is 5.75 Å². The number of ketones is 2.